The van der Waals surface area contributed by atoms with Crippen molar-refractivity contribution in [3.63, 3.8) is 0 Å². The number of nitrogens with one attached hydrogen (secondary N) is 1. The second-order valence-electron chi connectivity index (χ2n) is 5.84. The molecule has 0 aliphatic rings. The molecule has 0 aromatic carbocycles. The van der Waals surface area contributed by atoms with Crippen molar-refractivity contribution in [2.45, 2.75) is 39.7 Å². The maximum Gasteiger partial charge on any atom is 0.226 e. The molecule has 0 saturated carbocycles. The van der Waals surface area contributed by atoms with E-state index in [4.69, 9.17) is 5.26 Å². The minimum Gasteiger partial charge on any atom is -0.302 e. The normalized spacial score (nSPS) is 10.7. The summed E-state index contributed by atoms with van der Waals surface area (Å²) in [6, 6.07) is 6.13. The molecule has 3 rings (SSSR count). The Morgan fingerprint density at radius 1 is 1.38 bits per heavy atom. The molecule has 6 nitrogen and oxygen atoms in total. The second-order valence-corrected chi connectivity index (χ2v) is 7.65. The van der Waals surface area contributed by atoms with Crippen LogP contribution in [0.4, 0.5) is 5.13 Å². The Labute approximate surface area is 160 Å². The summed E-state index contributed by atoms with van der Waals surface area (Å²) in [4.78, 5) is 17.8. The summed E-state index contributed by atoms with van der Waals surface area (Å²) >= 11 is 3.06. The molecule has 0 aliphatic carbocycles. The number of carbonyl (C=O) groups excluding carboxylic acids is 1. The van der Waals surface area contributed by atoms with Gasteiger partial charge in [0.05, 0.1) is 35.3 Å². The van der Waals surface area contributed by atoms with Crippen molar-refractivity contribution in [2.75, 3.05) is 5.32 Å². The molecule has 0 fully saturated rings. The van der Waals surface area contributed by atoms with E-state index in [0.717, 1.165) is 27.5 Å². The van der Waals surface area contributed by atoms with Crippen LogP contribution in [0, 0.1) is 25.2 Å². The molecule has 3 heterocycles. The number of thiophene rings is 1. The molecule has 0 bridgehead atoms. The van der Waals surface area contributed by atoms with E-state index in [1.54, 1.807) is 11.3 Å². The van der Waals surface area contributed by atoms with Crippen LogP contribution in [-0.4, -0.2) is 20.7 Å². The first kappa shape index (κ1) is 18.3. The molecule has 0 saturated heterocycles. The Morgan fingerprint density at radius 3 is 2.96 bits per heavy atom. The number of thiazole rings is 1. The van der Waals surface area contributed by atoms with Crippen molar-refractivity contribution in [1.29, 1.82) is 5.26 Å². The third kappa shape index (κ3) is 4.18. The number of hydrogen-bond donors (Lipinski definition) is 1. The SMILES string of the molecule is Cc1nn(CCC#N)c(C)c1CCC(=O)Nc1nc(-c2cccs2)cs1. The zero-order valence-electron chi connectivity index (χ0n) is 14.7. The molecule has 1 N–H and O–H groups in total. The highest BCUT2D eigenvalue weighted by molar-refractivity contribution is 7.16. The summed E-state index contributed by atoms with van der Waals surface area (Å²) in [5.41, 5.74) is 3.92. The van der Waals surface area contributed by atoms with E-state index in [9.17, 15) is 4.79 Å². The largest absolute Gasteiger partial charge is 0.302 e. The van der Waals surface area contributed by atoms with Crippen LogP contribution in [0.2, 0.25) is 0 Å². The monoisotopic (exact) mass is 385 g/mol. The summed E-state index contributed by atoms with van der Waals surface area (Å²) < 4.78 is 1.85. The third-order valence-corrected chi connectivity index (χ3v) is 5.74. The highest BCUT2D eigenvalue weighted by Gasteiger charge is 2.14. The zero-order valence-corrected chi connectivity index (χ0v) is 16.3. The van der Waals surface area contributed by atoms with Crippen LogP contribution in [0.15, 0.2) is 22.9 Å². The number of amides is 1. The van der Waals surface area contributed by atoms with Crippen molar-refractivity contribution in [3.05, 3.63) is 39.8 Å². The van der Waals surface area contributed by atoms with Crippen LogP contribution >= 0.6 is 22.7 Å². The smallest absolute Gasteiger partial charge is 0.226 e. The lowest BCUT2D eigenvalue weighted by molar-refractivity contribution is -0.116. The molecule has 3 aromatic rings. The Kier molecular flexibility index (Phi) is 5.81. The molecular weight excluding hydrogens is 366 g/mol. The maximum absolute atomic E-state index is 12.3. The van der Waals surface area contributed by atoms with Gasteiger partial charge in [0.1, 0.15) is 0 Å². The van der Waals surface area contributed by atoms with Gasteiger partial charge in [0.15, 0.2) is 5.13 Å². The molecule has 134 valence electrons. The van der Waals surface area contributed by atoms with Crippen LogP contribution in [-0.2, 0) is 17.8 Å². The van der Waals surface area contributed by atoms with Crippen molar-refractivity contribution < 1.29 is 4.79 Å². The summed E-state index contributed by atoms with van der Waals surface area (Å²) in [6.45, 7) is 4.51. The molecule has 0 aliphatic heterocycles. The van der Waals surface area contributed by atoms with Crippen molar-refractivity contribution in [3.8, 4) is 16.6 Å². The van der Waals surface area contributed by atoms with Crippen LogP contribution in [0.3, 0.4) is 0 Å². The van der Waals surface area contributed by atoms with E-state index in [1.165, 1.54) is 11.3 Å². The number of anilines is 1. The maximum atomic E-state index is 12.3. The summed E-state index contributed by atoms with van der Waals surface area (Å²) in [6.07, 6.45) is 1.43. The third-order valence-electron chi connectivity index (χ3n) is 4.09. The zero-order chi connectivity index (χ0) is 18.5. The van der Waals surface area contributed by atoms with E-state index in [-0.39, 0.29) is 5.91 Å². The fourth-order valence-corrected chi connectivity index (χ4v) is 4.25. The number of nitriles is 1. The molecule has 0 unspecified atom stereocenters. The highest BCUT2D eigenvalue weighted by atomic mass is 32.1. The topological polar surface area (TPSA) is 83.6 Å². The first-order chi connectivity index (χ1) is 12.6. The van der Waals surface area contributed by atoms with E-state index in [2.05, 4.69) is 21.5 Å². The summed E-state index contributed by atoms with van der Waals surface area (Å²) in [5, 5.41) is 20.7. The average molecular weight is 386 g/mol. The number of carbonyl (C=O) groups is 1. The van der Waals surface area contributed by atoms with Crippen LogP contribution in [0.1, 0.15) is 29.8 Å². The fraction of sp³-hybridized carbons (Fsp3) is 0.333. The van der Waals surface area contributed by atoms with Crippen molar-refractivity contribution in [1.82, 2.24) is 14.8 Å². The molecule has 0 spiro atoms. The van der Waals surface area contributed by atoms with Crippen LogP contribution < -0.4 is 5.32 Å². The lowest BCUT2D eigenvalue weighted by Gasteiger charge is -2.04. The number of aromatic nitrogens is 3. The molecule has 0 radical (unpaired) electrons. The Hall–Kier alpha value is -2.50. The predicted molar refractivity (Wildman–Crippen MR) is 104 cm³/mol. The summed E-state index contributed by atoms with van der Waals surface area (Å²) in [5.74, 6) is -0.0549. The van der Waals surface area contributed by atoms with Gasteiger partial charge in [-0.15, -0.1) is 22.7 Å². The Bertz CT molecular complexity index is 934. The molecule has 3 aromatic heterocycles. The van der Waals surface area contributed by atoms with Gasteiger partial charge in [-0.1, -0.05) is 6.07 Å². The van der Waals surface area contributed by atoms with Gasteiger partial charge >= 0.3 is 0 Å². The van der Waals surface area contributed by atoms with Gasteiger partial charge in [0, 0.05) is 17.5 Å². The molecule has 1 amide bonds. The number of aryl methyl sites for hydroxylation is 2. The van der Waals surface area contributed by atoms with Crippen LogP contribution in [0.25, 0.3) is 10.6 Å². The standard InChI is InChI=1S/C18H19N5OS2/c1-12-14(13(2)23(22-12)9-4-8-19)6-7-17(24)21-18-20-15(11-26-18)16-5-3-10-25-16/h3,5,10-11H,4,6-7,9H2,1-2H3,(H,20,21,24). The van der Waals surface area contributed by atoms with Gasteiger partial charge in [-0.2, -0.15) is 10.4 Å². The molecular formula is C18H19N5OS2. The quantitative estimate of drug-likeness (QED) is 0.661. The minimum absolute atomic E-state index is 0.0549. The van der Waals surface area contributed by atoms with E-state index < -0.39 is 0 Å². The first-order valence-electron chi connectivity index (χ1n) is 8.27. The van der Waals surface area contributed by atoms with Gasteiger partial charge in [-0.3, -0.25) is 9.48 Å². The fourth-order valence-electron chi connectivity index (χ4n) is 2.76. The number of rotatable bonds is 7. The van der Waals surface area contributed by atoms with Crippen LogP contribution in [0.5, 0.6) is 0 Å². The van der Waals surface area contributed by atoms with Gasteiger partial charge in [0.2, 0.25) is 5.91 Å². The van der Waals surface area contributed by atoms with E-state index in [1.807, 2.05) is 41.4 Å². The Morgan fingerprint density at radius 2 is 2.23 bits per heavy atom. The van der Waals surface area contributed by atoms with E-state index >= 15 is 0 Å². The Balaban J connectivity index is 1.58. The predicted octanol–water partition coefficient (Wildman–Crippen LogP) is 4.17. The minimum atomic E-state index is -0.0549. The van der Waals surface area contributed by atoms with E-state index in [0.29, 0.717) is 30.9 Å². The number of nitrogens with zero attached hydrogens (tertiary/aromatic N) is 4. The van der Waals surface area contributed by atoms with Gasteiger partial charge in [-0.25, -0.2) is 4.98 Å². The van der Waals surface area contributed by atoms with Crippen molar-refractivity contribution >= 4 is 33.7 Å². The van der Waals surface area contributed by atoms with Gasteiger partial charge in [-0.05, 0) is 37.3 Å². The average Bonchev–Trinajstić information content (AvgIpc) is 3.33. The summed E-state index contributed by atoms with van der Waals surface area (Å²) in [7, 11) is 0. The second kappa shape index (κ2) is 8.25. The first-order valence-corrected chi connectivity index (χ1v) is 10.0. The van der Waals surface area contributed by atoms with Gasteiger partial charge < -0.3 is 5.32 Å². The highest BCUT2D eigenvalue weighted by Crippen LogP contribution is 2.28. The molecule has 8 heteroatoms. The molecule has 0 atom stereocenters. The van der Waals surface area contributed by atoms with Gasteiger partial charge in [0.25, 0.3) is 0 Å². The lowest BCUT2D eigenvalue weighted by atomic mass is 10.1. The lowest BCUT2D eigenvalue weighted by Crippen LogP contribution is -2.12. The molecule has 26 heavy (non-hydrogen) atoms. The van der Waals surface area contributed by atoms with Crippen molar-refractivity contribution in [2.24, 2.45) is 0 Å². The number of hydrogen-bond acceptors (Lipinski definition) is 6.